The highest BCUT2D eigenvalue weighted by Gasteiger charge is 1.93. The number of halogens is 1. The number of benzene rings is 1. The van der Waals surface area contributed by atoms with E-state index in [2.05, 4.69) is 9.99 Å². The summed E-state index contributed by atoms with van der Waals surface area (Å²) in [6.45, 7) is 1.32. The SMILES string of the molecule is CC(=O)ON=CCCSc1ccc(Cl)cc1. The molecule has 1 aromatic carbocycles. The summed E-state index contributed by atoms with van der Waals surface area (Å²) < 4.78 is 0. The molecule has 0 aromatic heterocycles. The smallest absolute Gasteiger partial charge is 0.319 e. The summed E-state index contributed by atoms with van der Waals surface area (Å²) >= 11 is 7.46. The second-order valence-corrected chi connectivity index (χ2v) is 4.57. The van der Waals surface area contributed by atoms with E-state index in [9.17, 15) is 4.79 Å². The number of hydrogen-bond donors (Lipinski definition) is 0. The Balaban J connectivity index is 2.18. The van der Waals surface area contributed by atoms with Gasteiger partial charge in [0.2, 0.25) is 0 Å². The van der Waals surface area contributed by atoms with Crippen molar-refractivity contribution < 1.29 is 9.63 Å². The maximum Gasteiger partial charge on any atom is 0.331 e. The van der Waals surface area contributed by atoms with Gasteiger partial charge < -0.3 is 4.84 Å². The van der Waals surface area contributed by atoms with Crippen molar-refractivity contribution in [1.29, 1.82) is 0 Å². The number of carbonyl (C=O) groups excluding carboxylic acids is 1. The van der Waals surface area contributed by atoms with Gasteiger partial charge in [-0.3, -0.25) is 0 Å². The monoisotopic (exact) mass is 257 g/mol. The molecule has 0 amide bonds. The molecule has 0 saturated carbocycles. The van der Waals surface area contributed by atoms with Crippen LogP contribution in [0.15, 0.2) is 34.3 Å². The van der Waals surface area contributed by atoms with Gasteiger partial charge in [-0.25, -0.2) is 4.79 Å². The predicted octanol–water partition coefficient (Wildman–Crippen LogP) is 3.37. The van der Waals surface area contributed by atoms with E-state index in [-0.39, 0.29) is 0 Å². The first kappa shape index (κ1) is 13.1. The molecule has 0 N–H and O–H groups in total. The summed E-state index contributed by atoms with van der Waals surface area (Å²) in [5.41, 5.74) is 0. The lowest BCUT2D eigenvalue weighted by Crippen LogP contribution is -1.91. The molecule has 3 nitrogen and oxygen atoms in total. The zero-order valence-electron chi connectivity index (χ0n) is 8.85. The van der Waals surface area contributed by atoms with Crippen LogP contribution in [0.5, 0.6) is 0 Å². The first-order valence-electron chi connectivity index (χ1n) is 4.76. The minimum atomic E-state index is -0.401. The van der Waals surface area contributed by atoms with Crippen molar-refractivity contribution in [2.45, 2.75) is 18.2 Å². The molecular formula is C11H12ClNO2S. The third-order valence-electron chi connectivity index (χ3n) is 1.59. The van der Waals surface area contributed by atoms with Gasteiger partial charge in [-0.15, -0.1) is 11.8 Å². The maximum absolute atomic E-state index is 10.4. The molecule has 0 bridgehead atoms. The van der Waals surface area contributed by atoms with Crippen molar-refractivity contribution >= 4 is 35.5 Å². The normalized spacial score (nSPS) is 10.6. The van der Waals surface area contributed by atoms with Gasteiger partial charge in [-0.1, -0.05) is 16.8 Å². The molecule has 1 aromatic rings. The molecule has 86 valence electrons. The van der Waals surface area contributed by atoms with Crippen LogP contribution in [-0.4, -0.2) is 17.9 Å². The van der Waals surface area contributed by atoms with Gasteiger partial charge in [0.15, 0.2) is 0 Å². The van der Waals surface area contributed by atoms with Crippen molar-refractivity contribution in [3.05, 3.63) is 29.3 Å². The summed E-state index contributed by atoms with van der Waals surface area (Å²) in [6.07, 6.45) is 2.34. The van der Waals surface area contributed by atoms with Crippen LogP contribution in [0.3, 0.4) is 0 Å². The number of hydrogen-bond acceptors (Lipinski definition) is 4. The molecular weight excluding hydrogens is 246 g/mol. The summed E-state index contributed by atoms with van der Waals surface area (Å²) in [5, 5.41) is 4.24. The first-order valence-corrected chi connectivity index (χ1v) is 6.12. The molecule has 0 atom stereocenters. The van der Waals surface area contributed by atoms with Gasteiger partial charge in [-0.2, -0.15) is 0 Å². The second kappa shape index (κ2) is 7.30. The van der Waals surface area contributed by atoms with Crippen LogP contribution in [-0.2, 0) is 9.63 Å². The Morgan fingerprint density at radius 1 is 1.50 bits per heavy atom. The van der Waals surface area contributed by atoms with E-state index in [0.29, 0.717) is 0 Å². The van der Waals surface area contributed by atoms with E-state index in [4.69, 9.17) is 11.6 Å². The Kier molecular flexibility index (Phi) is 5.96. The van der Waals surface area contributed by atoms with Crippen molar-refractivity contribution in [3.8, 4) is 0 Å². The second-order valence-electron chi connectivity index (χ2n) is 2.96. The molecule has 0 saturated heterocycles. The fourth-order valence-corrected chi connectivity index (χ4v) is 1.84. The largest absolute Gasteiger partial charge is 0.331 e. The van der Waals surface area contributed by atoms with Crippen LogP contribution >= 0.6 is 23.4 Å². The molecule has 0 spiro atoms. The van der Waals surface area contributed by atoms with Gasteiger partial charge in [0.1, 0.15) is 0 Å². The zero-order chi connectivity index (χ0) is 11.8. The quantitative estimate of drug-likeness (QED) is 0.267. The zero-order valence-corrected chi connectivity index (χ0v) is 10.4. The summed E-state index contributed by atoms with van der Waals surface area (Å²) in [7, 11) is 0. The van der Waals surface area contributed by atoms with Gasteiger partial charge in [0, 0.05) is 28.8 Å². The molecule has 0 aliphatic heterocycles. The Morgan fingerprint density at radius 3 is 2.81 bits per heavy atom. The fourth-order valence-electron chi connectivity index (χ4n) is 0.924. The molecule has 0 aliphatic rings. The minimum absolute atomic E-state index is 0.401. The molecule has 0 aliphatic carbocycles. The van der Waals surface area contributed by atoms with Crippen LogP contribution < -0.4 is 0 Å². The van der Waals surface area contributed by atoms with Crippen LogP contribution in [0.1, 0.15) is 13.3 Å². The Morgan fingerprint density at radius 2 is 2.19 bits per heavy atom. The average Bonchev–Trinajstić information content (AvgIpc) is 2.25. The Hall–Kier alpha value is -1.00. The molecule has 1 rings (SSSR count). The van der Waals surface area contributed by atoms with Gasteiger partial charge in [-0.05, 0) is 30.7 Å². The lowest BCUT2D eigenvalue weighted by Gasteiger charge is -1.98. The Labute approximate surface area is 104 Å². The first-order chi connectivity index (χ1) is 7.68. The number of rotatable bonds is 5. The number of oxime groups is 1. The van der Waals surface area contributed by atoms with Crippen molar-refractivity contribution in [2.24, 2.45) is 5.16 Å². The number of thioether (sulfide) groups is 1. The molecule has 0 unspecified atom stereocenters. The van der Waals surface area contributed by atoms with E-state index < -0.39 is 5.97 Å². The van der Waals surface area contributed by atoms with Gasteiger partial charge >= 0.3 is 5.97 Å². The van der Waals surface area contributed by atoms with Crippen molar-refractivity contribution in [1.82, 2.24) is 0 Å². The van der Waals surface area contributed by atoms with Crippen LogP contribution in [0.2, 0.25) is 5.02 Å². The predicted molar refractivity (Wildman–Crippen MR) is 67.1 cm³/mol. The third-order valence-corrected chi connectivity index (χ3v) is 2.88. The van der Waals surface area contributed by atoms with Crippen LogP contribution in [0.4, 0.5) is 0 Å². The van der Waals surface area contributed by atoms with E-state index >= 15 is 0 Å². The highest BCUT2D eigenvalue weighted by atomic mass is 35.5. The van der Waals surface area contributed by atoms with E-state index in [0.717, 1.165) is 22.1 Å². The third kappa shape index (κ3) is 5.78. The van der Waals surface area contributed by atoms with Gasteiger partial charge in [0.05, 0.1) is 0 Å². The average molecular weight is 258 g/mol. The Bertz CT molecular complexity index is 365. The van der Waals surface area contributed by atoms with E-state index in [1.54, 1.807) is 18.0 Å². The molecule has 0 radical (unpaired) electrons. The minimum Gasteiger partial charge on any atom is -0.319 e. The lowest BCUT2D eigenvalue weighted by molar-refractivity contribution is -0.140. The van der Waals surface area contributed by atoms with Crippen LogP contribution in [0.25, 0.3) is 0 Å². The summed E-state index contributed by atoms with van der Waals surface area (Å²) in [4.78, 5) is 15.9. The lowest BCUT2D eigenvalue weighted by atomic mass is 10.4. The molecule has 0 fully saturated rings. The van der Waals surface area contributed by atoms with E-state index in [1.165, 1.54) is 6.92 Å². The number of nitrogens with zero attached hydrogens (tertiary/aromatic N) is 1. The van der Waals surface area contributed by atoms with Gasteiger partial charge in [0.25, 0.3) is 0 Å². The standard InChI is InChI=1S/C11H12ClNO2S/c1-9(14)15-13-7-2-8-16-11-5-3-10(12)4-6-11/h3-7H,2,8H2,1H3. The highest BCUT2D eigenvalue weighted by Crippen LogP contribution is 2.20. The van der Waals surface area contributed by atoms with Crippen LogP contribution in [0, 0.1) is 0 Å². The molecule has 16 heavy (non-hydrogen) atoms. The fraction of sp³-hybridized carbons (Fsp3) is 0.273. The number of carbonyl (C=O) groups is 1. The van der Waals surface area contributed by atoms with E-state index in [1.807, 2.05) is 24.3 Å². The summed E-state index contributed by atoms with van der Waals surface area (Å²) in [6, 6.07) is 7.65. The molecule has 0 heterocycles. The van der Waals surface area contributed by atoms with Crippen molar-refractivity contribution in [2.75, 3.05) is 5.75 Å². The maximum atomic E-state index is 10.4. The summed E-state index contributed by atoms with van der Waals surface area (Å²) in [5.74, 6) is 0.480. The molecule has 5 heteroatoms. The van der Waals surface area contributed by atoms with Crippen molar-refractivity contribution in [3.63, 3.8) is 0 Å². The topological polar surface area (TPSA) is 38.7 Å². The highest BCUT2D eigenvalue weighted by molar-refractivity contribution is 7.99.